The Bertz CT molecular complexity index is 1470. The molecule has 0 amide bonds. The van der Waals surface area contributed by atoms with Gasteiger partial charge in [-0.3, -0.25) is 9.00 Å². The van der Waals surface area contributed by atoms with Crippen LogP contribution in [0.5, 0.6) is 0 Å². The molecule has 40 heavy (non-hydrogen) atoms. The van der Waals surface area contributed by atoms with Crippen LogP contribution in [-0.2, 0) is 37.6 Å². The van der Waals surface area contributed by atoms with Crippen LogP contribution < -0.4 is 0 Å². The normalized spacial score (nSPS) is 21.5. The van der Waals surface area contributed by atoms with Gasteiger partial charge in [0.05, 0.1) is 34.3 Å². The summed E-state index contributed by atoms with van der Waals surface area (Å²) in [4.78, 5) is 28.0. The molecule has 0 aliphatic heterocycles. The first-order chi connectivity index (χ1) is 19.5. The lowest BCUT2D eigenvalue weighted by atomic mass is 9.54. The summed E-state index contributed by atoms with van der Waals surface area (Å²) in [7, 11) is 0.159. The van der Waals surface area contributed by atoms with E-state index in [0.717, 1.165) is 40.8 Å². The van der Waals surface area contributed by atoms with E-state index in [1.54, 1.807) is 12.1 Å². The minimum absolute atomic E-state index is 0.186. The highest BCUT2D eigenvalue weighted by molar-refractivity contribution is 7.85. The van der Waals surface area contributed by atoms with Crippen LogP contribution in [0.2, 0.25) is 0 Å². The van der Waals surface area contributed by atoms with Crippen molar-refractivity contribution in [1.82, 2.24) is 0 Å². The Kier molecular flexibility index (Phi) is 8.41. The Morgan fingerprint density at radius 3 is 1.85 bits per heavy atom. The van der Waals surface area contributed by atoms with Gasteiger partial charge in [0.15, 0.2) is 5.78 Å². The van der Waals surface area contributed by atoms with E-state index in [1.165, 1.54) is 7.11 Å². The lowest BCUT2D eigenvalue weighted by Gasteiger charge is -2.47. The van der Waals surface area contributed by atoms with Crippen LogP contribution in [0.25, 0.3) is 0 Å². The van der Waals surface area contributed by atoms with Crippen LogP contribution in [0, 0.1) is 0 Å². The molecule has 1 saturated carbocycles. The molecule has 0 spiro atoms. The Morgan fingerprint density at radius 2 is 1.27 bits per heavy atom. The van der Waals surface area contributed by atoms with Gasteiger partial charge in [-0.15, -0.1) is 0 Å². The largest absolute Gasteiger partial charge is 0.465 e. The van der Waals surface area contributed by atoms with Crippen LogP contribution in [0.1, 0.15) is 52.7 Å². The van der Waals surface area contributed by atoms with E-state index in [9.17, 15) is 9.00 Å². The van der Waals surface area contributed by atoms with E-state index >= 15 is 4.79 Å². The molecular formula is C35H34O4S. The van der Waals surface area contributed by atoms with Crippen LogP contribution >= 0.6 is 0 Å². The Balaban J connectivity index is 1.57. The standard InChI is InChI=1S/C35H34O4S/c1-39-32(36)28-20-18-27(19-21-28)26-35(30-14-7-3-8-15-30)23-11-22-34(33(35)37,29-12-5-2-6-13-29)24-25-40(38)31-16-9-4-10-17-31/h2-10,12-21H,11,22-26H2,1H3/t34-,35+,40?/m1/s1. The number of hydrogen-bond acceptors (Lipinski definition) is 4. The fraction of sp³-hybridized carbons (Fsp3) is 0.257. The van der Waals surface area contributed by atoms with Crippen LogP contribution in [0.4, 0.5) is 0 Å². The second-order valence-corrected chi connectivity index (χ2v) is 12.1. The number of Topliss-reactive ketones (excluding diaryl/α,β-unsaturated/α-hetero) is 1. The number of carbonyl (C=O) groups excluding carboxylic acids is 2. The van der Waals surface area contributed by atoms with Gasteiger partial charge < -0.3 is 4.74 Å². The Hall–Kier alpha value is -3.83. The molecule has 0 saturated heterocycles. The average molecular weight is 551 g/mol. The average Bonchev–Trinajstić information content (AvgIpc) is 3.02. The van der Waals surface area contributed by atoms with Gasteiger partial charge in [0.1, 0.15) is 0 Å². The van der Waals surface area contributed by atoms with Crippen LogP contribution in [-0.4, -0.2) is 28.8 Å². The predicted molar refractivity (Wildman–Crippen MR) is 159 cm³/mol. The Labute approximate surface area is 238 Å². The fourth-order valence-corrected chi connectivity index (χ4v) is 7.51. The van der Waals surface area contributed by atoms with Gasteiger partial charge in [0.25, 0.3) is 0 Å². The van der Waals surface area contributed by atoms with E-state index in [0.29, 0.717) is 24.2 Å². The number of ketones is 1. The van der Waals surface area contributed by atoms with Crippen molar-refractivity contribution in [1.29, 1.82) is 0 Å². The van der Waals surface area contributed by atoms with Crippen LogP contribution in [0.3, 0.4) is 0 Å². The number of rotatable bonds is 9. The number of methoxy groups -OCH3 is 1. The minimum atomic E-state index is -1.21. The zero-order valence-electron chi connectivity index (χ0n) is 22.8. The van der Waals surface area contributed by atoms with Crippen molar-refractivity contribution < 1.29 is 18.5 Å². The van der Waals surface area contributed by atoms with E-state index in [2.05, 4.69) is 24.3 Å². The number of hydrogen-bond donors (Lipinski definition) is 0. The van der Waals surface area contributed by atoms with E-state index in [1.807, 2.05) is 78.9 Å². The van der Waals surface area contributed by atoms with E-state index < -0.39 is 21.6 Å². The van der Waals surface area contributed by atoms with Gasteiger partial charge in [-0.05, 0) is 66.6 Å². The highest BCUT2D eigenvalue weighted by atomic mass is 32.2. The van der Waals surface area contributed by atoms with E-state index in [4.69, 9.17) is 4.74 Å². The maximum Gasteiger partial charge on any atom is 0.337 e. The van der Waals surface area contributed by atoms with Gasteiger partial charge in [0.2, 0.25) is 0 Å². The second-order valence-electron chi connectivity index (χ2n) is 10.6. The van der Waals surface area contributed by atoms with Gasteiger partial charge >= 0.3 is 5.97 Å². The molecule has 0 aromatic heterocycles. The van der Waals surface area contributed by atoms with Gasteiger partial charge in [-0.2, -0.15) is 0 Å². The smallest absolute Gasteiger partial charge is 0.337 e. The monoisotopic (exact) mass is 550 g/mol. The zero-order valence-corrected chi connectivity index (χ0v) is 23.6. The SMILES string of the molecule is COC(=O)c1ccc(C[C@]2(c3ccccc3)CCC[C@@](CCS(=O)c3ccccc3)(c3ccccc3)C2=O)cc1. The number of ether oxygens (including phenoxy) is 1. The second kappa shape index (κ2) is 12.1. The first kappa shape index (κ1) is 27.7. The molecule has 0 radical (unpaired) electrons. The number of benzene rings is 4. The van der Waals surface area contributed by atoms with E-state index in [-0.39, 0.29) is 11.8 Å². The fourth-order valence-electron chi connectivity index (χ4n) is 6.28. The summed E-state index contributed by atoms with van der Waals surface area (Å²) >= 11 is 0. The van der Waals surface area contributed by atoms with Crippen molar-refractivity contribution in [3.05, 3.63) is 138 Å². The summed E-state index contributed by atoms with van der Waals surface area (Å²) in [5, 5.41) is 0. The van der Waals surface area contributed by atoms with Crippen molar-refractivity contribution in [2.24, 2.45) is 0 Å². The highest BCUT2D eigenvalue weighted by Gasteiger charge is 2.54. The molecule has 204 valence electrons. The number of esters is 1. The molecule has 3 atom stereocenters. The molecule has 0 bridgehead atoms. The molecule has 0 heterocycles. The minimum Gasteiger partial charge on any atom is -0.465 e. The Morgan fingerprint density at radius 1 is 0.750 bits per heavy atom. The van der Waals surface area contributed by atoms with Gasteiger partial charge in [-0.25, -0.2) is 4.79 Å². The number of carbonyl (C=O) groups is 2. The third-order valence-corrected chi connectivity index (χ3v) is 9.70. The molecule has 0 N–H and O–H groups in total. The molecular weight excluding hydrogens is 516 g/mol. The zero-order chi connectivity index (χ0) is 28.0. The van der Waals surface area contributed by atoms with Gasteiger partial charge in [0, 0.05) is 10.6 Å². The third kappa shape index (κ3) is 5.44. The quantitative estimate of drug-likeness (QED) is 0.214. The van der Waals surface area contributed by atoms with Crippen molar-refractivity contribution in [2.45, 2.75) is 47.8 Å². The molecule has 5 heteroatoms. The molecule has 1 aliphatic carbocycles. The first-order valence-electron chi connectivity index (χ1n) is 13.8. The predicted octanol–water partition coefficient (Wildman–Crippen LogP) is 6.84. The molecule has 1 aliphatic rings. The van der Waals surface area contributed by atoms with Crippen LogP contribution in [0.15, 0.2) is 120 Å². The molecule has 4 aromatic rings. The lowest BCUT2D eigenvalue weighted by molar-refractivity contribution is -0.133. The van der Waals surface area contributed by atoms with Crippen molar-refractivity contribution in [3.63, 3.8) is 0 Å². The summed E-state index contributed by atoms with van der Waals surface area (Å²) in [6.45, 7) is 0. The molecule has 5 rings (SSSR count). The van der Waals surface area contributed by atoms with Gasteiger partial charge in [-0.1, -0.05) is 97.4 Å². The third-order valence-electron chi connectivity index (χ3n) is 8.33. The molecule has 1 fully saturated rings. The summed E-state index contributed by atoms with van der Waals surface area (Å²) in [5.74, 6) is 0.210. The first-order valence-corrected chi connectivity index (χ1v) is 15.1. The lowest BCUT2D eigenvalue weighted by Crippen LogP contribution is -2.54. The maximum absolute atomic E-state index is 15.2. The summed E-state index contributed by atoms with van der Waals surface area (Å²) < 4.78 is 18.2. The molecule has 4 aromatic carbocycles. The van der Waals surface area contributed by atoms with Crippen molar-refractivity contribution >= 4 is 22.6 Å². The molecule has 1 unspecified atom stereocenters. The molecule has 4 nitrogen and oxygen atoms in total. The highest BCUT2D eigenvalue weighted by Crippen LogP contribution is 2.50. The summed E-state index contributed by atoms with van der Waals surface area (Å²) in [6.07, 6.45) is 3.34. The topological polar surface area (TPSA) is 60.4 Å². The van der Waals surface area contributed by atoms with Crippen molar-refractivity contribution in [2.75, 3.05) is 12.9 Å². The van der Waals surface area contributed by atoms with Crippen molar-refractivity contribution in [3.8, 4) is 0 Å². The maximum atomic E-state index is 15.2. The summed E-state index contributed by atoms with van der Waals surface area (Å²) in [6, 6.07) is 37.0. The summed E-state index contributed by atoms with van der Waals surface area (Å²) in [5.41, 5.74) is 1.95.